The van der Waals surface area contributed by atoms with Gasteiger partial charge >= 0.3 is 0 Å². The van der Waals surface area contributed by atoms with Gasteiger partial charge in [-0.2, -0.15) is 0 Å². The largest absolute Gasteiger partial charge is 0.497 e. The second-order valence-electron chi connectivity index (χ2n) is 4.50. The van der Waals surface area contributed by atoms with Crippen molar-refractivity contribution >= 4 is 0 Å². The van der Waals surface area contributed by atoms with E-state index in [1.165, 1.54) is 12.1 Å². The summed E-state index contributed by atoms with van der Waals surface area (Å²) >= 11 is 0. The number of methoxy groups -OCH3 is 1. The highest BCUT2D eigenvalue weighted by atomic mass is 19.1. The van der Waals surface area contributed by atoms with Crippen molar-refractivity contribution in [3.8, 4) is 28.4 Å². The van der Waals surface area contributed by atoms with E-state index in [1.54, 1.807) is 25.4 Å². The molecule has 2 aromatic carbocycles. The van der Waals surface area contributed by atoms with E-state index < -0.39 is 0 Å². The Kier molecular flexibility index (Phi) is 3.60. The summed E-state index contributed by atoms with van der Waals surface area (Å²) < 4.78 is 18.4. The molecule has 0 atom stereocenters. The van der Waals surface area contributed by atoms with Gasteiger partial charge in [-0.25, -0.2) is 14.4 Å². The average molecular weight is 280 g/mol. The first-order valence-electron chi connectivity index (χ1n) is 6.50. The van der Waals surface area contributed by atoms with Crippen molar-refractivity contribution in [3.63, 3.8) is 0 Å². The molecule has 3 aromatic rings. The Morgan fingerprint density at radius 3 is 2.48 bits per heavy atom. The van der Waals surface area contributed by atoms with Gasteiger partial charge in [0.1, 0.15) is 11.6 Å². The highest BCUT2D eigenvalue weighted by Crippen LogP contribution is 2.23. The molecule has 0 aliphatic heterocycles. The Balaban J connectivity index is 1.99. The molecular weight excluding hydrogens is 267 g/mol. The zero-order valence-corrected chi connectivity index (χ0v) is 11.5. The number of nitrogens with zero attached hydrogens (tertiary/aromatic N) is 2. The van der Waals surface area contributed by atoms with Gasteiger partial charge in [0.25, 0.3) is 0 Å². The summed E-state index contributed by atoms with van der Waals surface area (Å²) in [4.78, 5) is 8.70. The molecule has 0 spiro atoms. The number of hydrogen-bond acceptors (Lipinski definition) is 3. The first-order chi connectivity index (χ1) is 10.3. The molecule has 1 aromatic heterocycles. The molecule has 0 bridgehead atoms. The highest BCUT2D eigenvalue weighted by molar-refractivity contribution is 5.63. The zero-order chi connectivity index (χ0) is 14.7. The lowest BCUT2D eigenvalue weighted by Gasteiger charge is -2.05. The maximum Gasteiger partial charge on any atom is 0.159 e. The molecule has 1 heterocycles. The van der Waals surface area contributed by atoms with Crippen LogP contribution in [0.4, 0.5) is 4.39 Å². The molecule has 0 fully saturated rings. The van der Waals surface area contributed by atoms with E-state index in [1.807, 2.05) is 30.3 Å². The van der Waals surface area contributed by atoms with E-state index in [0.29, 0.717) is 11.4 Å². The molecule has 0 saturated carbocycles. The van der Waals surface area contributed by atoms with Crippen LogP contribution in [0.15, 0.2) is 60.8 Å². The number of rotatable bonds is 3. The fourth-order valence-electron chi connectivity index (χ4n) is 2.05. The molecule has 0 saturated heterocycles. The van der Waals surface area contributed by atoms with Crippen LogP contribution >= 0.6 is 0 Å². The Morgan fingerprint density at radius 2 is 1.76 bits per heavy atom. The average Bonchev–Trinajstić information content (AvgIpc) is 2.55. The molecule has 0 unspecified atom stereocenters. The fourth-order valence-corrected chi connectivity index (χ4v) is 2.05. The normalized spacial score (nSPS) is 10.4. The predicted octanol–water partition coefficient (Wildman–Crippen LogP) is 3.96. The maximum atomic E-state index is 13.3. The summed E-state index contributed by atoms with van der Waals surface area (Å²) in [7, 11) is 1.63. The molecule has 21 heavy (non-hydrogen) atoms. The third-order valence-electron chi connectivity index (χ3n) is 3.12. The smallest absolute Gasteiger partial charge is 0.159 e. The molecule has 3 rings (SSSR count). The Labute approximate surface area is 122 Å². The molecule has 0 aliphatic carbocycles. The molecule has 0 radical (unpaired) electrons. The van der Waals surface area contributed by atoms with Crippen molar-refractivity contribution in [3.05, 3.63) is 66.6 Å². The van der Waals surface area contributed by atoms with Crippen LogP contribution in [0.2, 0.25) is 0 Å². The molecule has 4 heteroatoms. The SMILES string of the molecule is COc1ccc(-c2ccnc(-c3cccc(F)c3)n2)cc1. The van der Waals surface area contributed by atoms with Crippen LogP contribution in [-0.2, 0) is 0 Å². The lowest BCUT2D eigenvalue weighted by molar-refractivity contribution is 0.415. The van der Waals surface area contributed by atoms with Crippen LogP contribution in [-0.4, -0.2) is 17.1 Å². The third-order valence-corrected chi connectivity index (χ3v) is 3.12. The number of hydrogen-bond donors (Lipinski definition) is 0. The summed E-state index contributed by atoms with van der Waals surface area (Å²) in [6.45, 7) is 0. The number of aromatic nitrogens is 2. The summed E-state index contributed by atoms with van der Waals surface area (Å²) in [5.41, 5.74) is 2.40. The zero-order valence-electron chi connectivity index (χ0n) is 11.5. The Hall–Kier alpha value is -2.75. The molecule has 0 N–H and O–H groups in total. The van der Waals surface area contributed by atoms with Crippen LogP contribution in [0.1, 0.15) is 0 Å². The van der Waals surface area contributed by atoms with Gasteiger partial charge in [0.05, 0.1) is 12.8 Å². The topological polar surface area (TPSA) is 35.0 Å². The van der Waals surface area contributed by atoms with E-state index >= 15 is 0 Å². The van der Waals surface area contributed by atoms with Crippen molar-refractivity contribution < 1.29 is 9.13 Å². The third kappa shape index (κ3) is 2.89. The van der Waals surface area contributed by atoms with E-state index in [-0.39, 0.29) is 5.82 Å². The summed E-state index contributed by atoms with van der Waals surface area (Å²) in [5, 5.41) is 0. The summed E-state index contributed by atoms with van der Waals surface area (Å²) in [5.74, 6) is 0.993. The second-order valence-corrected chi connectivity index (χ2v) is 4.50. The van der Waals surface area contributed by atoms with E-state index in [2.05, 4.69) is 9.97 Å². The van der Waals surface area contributed by atoms with Gasteiger partial charge in [-0.15, -0.1) is 0 Å². The quantitative estimate of drug-likeness (QED) is 0.728. The van der Waals surface area contributed by atoms with E-state index in [0.717, 1.165) is 17.0 Å². The van der Waals surface area contributed by atoms with Crippen molar-refractivity contribution in [1.82, 2.24) is 9.97 Å². The van der Waals surface area contributed by atoms with Gasteiger partial charge in [-0.1, -0.05) is 12.1 Å². The van der Waals surface area contributed by atoms with Crippen molar-refractivity contribution in [1.29, 1.82) is 0 Å². The van der Waals surface area contributed by atoms with Gasteiger partial charge in [-0.3, -0.25) is 0 Å². The summed E-state index contributed by atoms with van der Waals surface area (Å²) in [6.07, 6.45) is 1.67. The van der Waals surface area contributed by atoms with Crippen LogP contribution < -0.4 is 4.74 Å². The van der Waals surface area contributed by atoms with Gasteiger partial charge in [0.15, 0.2) is 5.82 Å². The maximum absolute atomic E-state index is 13.3. The second kappa shape index (κ2) is 5.71. The number of ether oxygens (including phenoxy) is 1. The van der Waals surface area contributed by atoms with Gasteiger partial charge < -0.3 is 4.74 Å². The minimum atomic E-state index is -0.300. The van der Waals surface area contributed by atoms with Gasteiger partial charge in [-0.05, 0) is 42.5 Å². The molecule has 0 aliphatic rings. The van der Waals surface area contributed by atoms with E-state index in [9.17, 15) is 4.39 Å². The Morgan fingerprint density at radius 1 is 0.952 bits per heavy atom. The number of halogens is 1. The van der Waals surface area contributed by atoms with Crippen LogP contribution in [0, 0.1) is 5.82 Å². The lowest BCUT2D eigenvalue weighted by atomic mass is 10.1. The molecular formula is C17H13FN2O. The first kappa shape index (κ1) is 13.2. The fraction of sp³-hybridized carbons (Fsp3) is 0.0588. The summed E-state index contributed by atoms with van der Waals surface area (Å²) in [6, 6.07) is 15.7. The first-order valence-corrected chi connectivity index (χ1v) is 6.50. The monoisotopic (exact) mass is 280 g/mol. The van der Waals surface area contributed by atoms with Crippen molar-refractivity contribution in [2.75, 3.05) is 7.11 Å². The number of benzene rings is 2. The van der Waals surface area contributed by atoms with Gasteiger partial charge in [0.2, 0.25) is 0 Å². The van der Waals surface area contributed by atoms with Crippen molar-refractivity contribution in [2.45, 2.75) is 0 Å². The van der Waals surface area contributed by atoms with E-state index in [4.69, 9.17) is 4.74 Å². The van der Waals surface area contributed by atoms with Crippen LogP contribution in [0.5, 0.6) is 5.75 Å². The predicted molar refractivity (Wildman–Crippen MR) is 79.4 cm³/mol. The van der Waals surface area contributed by atoms with Crippen LogP contribution in [0.25, 0.3) is 22.6 Å². The van der Waals surface area contributed by atoms with Gasteiger partial charge in [0, 0.05) is 17.3 Å². The Bertz CT molecular complexity index is 757. The molecule has 104 valence electrons. The lowest BCUT2D eigenvalue weighted by Crippen LogP contribution is -1.92. The minimum absolute atomic E-state index is 0.300. The van der Waals surface area contributed by atoms with Crippen LogP contribution in [0.3, 0.4) is 0 Å². The standard InChI is InChI=1S/C17H13FN2O/c1-21-15-7-5-12(6-8-15)16-9-10-19-17(20-16)13-3-2-4-14(18)11-13/h2-11H,1H3. The molecule has 3 nitrogen and oxygen atoms in total. The minimum Gasteiger partial charge on any atom is -0.497 e. The van der Waals surface area contributed by atoms with Crippen molar-refractivity contribution in [2.24, 2.45) is 0 Å². The highest BCUT2D eigenvalue weighted by Gasteiger charge is 2.05. The molecule has 0 amide bonds.